The lowest BCUT2D eigenvalue weighted by molar-refractivity contribution is 0.122. The van der Waals surface area contributed by atoms with Crippen molar-refractivity contribution >= 4 is 21.6 Å². The Bertz CT molecular complexity index is 775. The summed E-state index contributed by atoms with van der Waals surface area (Å²) in [6.45, 7) is 7.28. The molecule has 1 aromatic rings. The molecule has 4 rings (SSSR count). The van der Waals surface area contributed by atoms with Crippen molar-refractivity contribution < 1.29 is 13.2 Å². The van der Waals surface area contributed by atoms with E-state index in [2.05, 4.69) is 28.1 Å². The number of nitrogens with zero attached hydrogens (tertiary/aromatic N) is 4. The summed E-state index contributed by atoms with van der Waals surface area (Å²) < 4.78 is 28.8. The van der Waals surface area contributed by atoms with E-state index in [0.29, 0.717) is 23.6 Å². The number of hydrogen-bond acceptors (Lipinski definition) is 8. The first kappa shape index (κ1) is 20.8. The van der Waals surface area contributed by atoms with Gasteiger partial charge in [0, 0.05) is 50.0 Å². The molecule has 0 aromatic carbocycles. The first-order valence-electron chi connectivity index (χ1n) is 10.9. The van der Waals surface area contributed by atoms with Gasteiger partial charge in [-0.1, -0.05) is 6.92 Å². The molecule has 0 radical (unpaired) electrons. The van der Waals surface area contributed by atoms with Gasteiger partial charge in [0.1, 0.15) is 15.7 Å². The molecule has 3 saturated heterocycles. The number of anilines is 2. The largest absolute Gasteiger partial charge is 0.378 e. The monoisotopic (exact) mass is 423 g/mol. The molecule has 0 unspecified atom stereocenters. The molecule has 0 spiro atoms. The molecule has 0 saturated carbocycles. The van der Waals surface area contributed by atoms with Crippen LogP contribution < -0.4 is 10.2 Å². The predicted octanol–water partition coefficient (Wildman–Crippen LogP) is 1.33. The molecule has 1 N–H and O–H groups in total. The minimum absolute atomic E-state index is 0.348. The Morgan fingerprint density at radius 2 is 1.76 bits per heavy atom. The zero-order valence-electron chi connectivity index (χ0n) is 17.3. The zero-order chi connectivity index (χ0) is 20.3. The van der Waals surface area contributed by atoms with Gasteiger partial charge in [-0.05, 0) is 32.1 Å². The van der Waals surface area contributed by atoms with E-state index in [1.807, 2.05) is 0 Å². The third kappa shape index (κ3) is 5.38. The summed E-state index contributed by atoms with van der Waals surface area (Å²) in [6, 6.07) is 2.90. The minimum Gasteiger partial charge on any atom is -0.378 e. The number of ether oxygens (including phenoxy) is 1. The smallest absolute Gasteiger partial charge is 0.227 e. The summed E-state index contributed by atoms with van der Waals surface area (Å²) in [5.74, 6) is 2.42. The molecular weight excluding hydrogens is 390 g/mol. The predicted molar refractivity (Wildman–Crippen MR) is 114 cm³/mol. The fraction of sp³-hybridized carbons (Fsp3) is 0.800. The van der Waals surface area contributed by atoms with Crippen LogP contribution in [0.3, 0.4) is 0 Å². The van der Waals surface area contributed by atoms with E-state index >= 15 is 0 Å². The van der Waals surface area contributed by atoms with E-state index in [9.17, 15) is 8.42 Å². The molecule has 9 heteroatoms. The Morgan fingerprint density at radius 3 is 2.41 bits per heavy atom. The molecule has 3 aliphatic rings. The zero-order valence-corrected chi connectivity index (χ0v) is 18.2. The molecule has 0 aliphatic carbocycles. The van der Waals surface area contributed by atoms with E-state index in [0.717, 1.165) is 89.0 Å². The van der Waals surface area contributed by atoms with Gasteiger partial charge in [0.15, 0.2) is 0 Å². The number of nitrogens with one attached hydrogen (secondary N) is 1. The first-order chi connectivity index (χ1) is 14.0. The van der Waals surface area contributed by atoms with E-state index in [4.69, 9.17) is 14.7 Å². The van der Waals surface area contributed by atoms with Gasteiger partial charge in [0.05, 0.1) is 24.7 Å². The fourth-order valence-corrected chi connectivity index (χ4v) is 5.97. The number of likely N-dealkylation sites (tertiary alicyclic amines) is 1. The molecule has 8 nitrogen and oxygen atoms in total. The highest BCUT2D eigenvalue weighted by Crippen LogP contribution is 2.24. The molecule has 4 heterocycles. The highest BCUT2D eigenvalue weighted by Gasteiger charge is 2.30. The number of aryl methyl sites for hydroxylation is 1. The topological polar surface area (TPSA) is 87.7 Å². The number of rotatable bonds is 5. The molecular formula is C20H33N5O3S. The van der Waals surface area contributed by atoms with Crippen molar-refractivity contribution in [3.05, 3.63) is 11.8 Å². The lowest BCUT2D eigenvalue weighted by Gasteiger charge is -2.39. The van der Waals surface area contributed by atoms with E-state index < -0.39 is 9.84 Å². The third-order valence-electron chi connectivity index (χ3n) is 6.35. The summed E-state index contributed by atoms with van der Waals surface area (Å²) in [6.07, 6.45) is 4.57. The first-order valence-corrected chi connectivity index (χ1v) is 12.8. The second kappa shape index (κ2) is 9.14. The number of piperidine rings is 1. The van der Waals surface area contributed by atoms with Crippen molar-refractivity contribution in [1.29, 1.82) is 0 Å². The number of aromatic nitrogens is 2. The normalized spacial score (nSPS) is 24.5. The van der Waals surface area contributed by atoms with E-state index in [1.54, 1.807) is 0 Å². The Morgan fingerprint density at radius 1 is 1.07 bits per heavy atom. The molecule has 0 amide bonds. The van der Waals surface area contributed by atoms with Crippen molar-refractivity contribution in [2.45, 2.75) is 51.1 Å². The van der Waals surface area contributed by atoms with Crippen molar-refractivity contribution in [2.24, 2.45) is 0 Å². The molecule has 162 valence electrons. The van der Waals surface area contributed by atoms with Crippen molar-refractivity contribution in [1.82, 2.24) is 14.9 Å². The van der Waals surface area contributed by atoms with Gasteiger partial charge >= 0.3 is 0 Å². The Balaban J connectivity index is 1.34. The van der Waals surface area contributed by atoms with Gasteiger partial charge in [-0.2, -0.15) is 4.98 Å². The van der Waals surface area contributed by atoms with Crippen LogP contribution in [-0.4, -0.2) is 86.3 Å². The van der Waals surface area contributed by atoms with Crippen molar-refractivity contribution in [3.63, 3.8) is 0 Å². The van der Waals surface area contributed by atoms with E-state index in [1.165, 1.54) is 0 Å². The molecule has 3 fully saturated rings. The number of hydrogen-bond donors (Lipinski definition) is 1. The average Bonchev–Trinajstić information content (AvgIpc) is 2.75. The quantitative estimate of drug-likeness (QED) is 0.759. The fourth-order valence-electron chi connectivity index (χ4n) is 4.50. The number of morpholine rings is 1. The van der Waals surface area contributed by atoms with Crippen LogP contribution in [-0.2, 0) is 21.0 Å². The molecule has 0 atom stereocenters. The number of sulfone groups is 1. The van der Waals surface area contributed by atoms with E-state index in [-0.39, 0.29) is 0 Å². The minimum atomic E-state index is -2.79. The van der Waals surface area contributed by atoms with Crippen LogP contribution in [0.5, 0.6) is 0 Å². The molecule has 0 bridgehead atoms. The standard InChI is InChI=1S/C20H33N5O3S/c1-2-16-15-19(23-20(22-16)25-9-11-28-12-10-25)21-17-3-7-24(8-4-17)18-5-13-29(26,27)14-6-18/h15,17-18H,2-14H2,1H3,(H,21,22,23). The van der Waals surface area contributed by atoms with Gasteiger partial charge in [-0.15, -0.1) is 0 Å². The average molecular weight is 424 g/mol. The highest BCUT2D eigenvalue weighted by molar-refractivity contribution is 7.91. The summed E-state index contributed by atoms with van der Waals surface area (Å²) >= 11 is 0. The highest BCUT2D eigenvalue weighted by atomic mass is 32.2. The van der Waals surface area contributed by atoms with Crippen LogP contribution >= 0.6 is 0 Å². The second-order valence-electron chi connectivity index (χ2n) is 8.34. The van der Waals surface area contributed by atoms with Gasteiger partial charge in [0.25, 0.3) is 0 Å². The SMILES string of the molecule is CCc1cc(NC2CCN(C3CCS(=O)(=O)CC3)CC2)nc(N2CCOCC2)n1. The molecule has 3 aliphatic heterocycles. The van der Waals surface area contributed by atoms with Crippen LogP contribution in [0.1, 0.15) is 38.3 Å². The summed E-state index contributed by atoms with van der Waals surface area (Å²) in [4.78, 5) is 14.2. The lowest BCUT2D eigenvalue weighted by Crippen LogP contribution is -2.47. The van der Waals surface area contributed by atoms with Gasteiger partial charge in [-0.3, -0.25) is 0 Å². The van der Waals surface area contributed by atoms with Crippen LogP contribution in [0.4, 0.5) is 11.8 Å². The lowest BCUT2D eigenvalue weighted by atomic mass is 10.0. The van der Waals surface area contributed by atoms with Gasteiger partial charge in [-0.25, -0.2) is 13.4 Å². The van der Waals surface area contributed by atoms with Crippen molar-refractivity contribution in [2.75, 3.05) is 61.1 Å². The Hall–Kier alpha value is -1.45. The van der Waals surface area contributed by atoms with Crippen LogP contribution in [0.25, 0.3) is 0 Å². The summed E-state index contributed by atoms with van der Waals surface area (Å²) in [7, 11) is -2.79. The molecule has 29 heavy (non-hydrogen) atoms. The van der Waals surface area contributed by atoms with Crippen molar-refractivity contribution in [3.8, 4) is 0 Å². The Kier molecular flexibility index (Phi) is 6.56. The second-order valence-corrected chi connectivity index (χ2v) is 10.6. The maximum atomic E-state index is 11.7. The van der Waals surface area contributed by atoms with Gasteiger partial charge in [0.2, 0.25) is 5.95 Å². The van der Waals surface area contributed by atoms with Crippen LogP contribution in [0.2, 0.25) is 0 Å². The Labute approximate surface area is 174 Å². The van der Waals surface area contributed by atoms with Gasteiger partial charge < -0.3 is 19.9 Å². The summed E-state index contributed by atoms with van der Waals surface area (Å²) in [5.41, 5.74) is 1.06. The maximum Gasteiger partial charge on any atom is 0.227 e. The maximum absolute atomic E-state index is 11.7. The third-order valence-corrected chi connectivity index (χ3v) is 8.06. The van der Waals surface area contributed by atoms with Crippen LogP contribution in [0.15, 0.2) is 6.07 Å². The molecule has 1 aromatic heterocycles. The summed E-state index contributed by atoms with van der Waals surface area (Å²) in [5, 5.41) is 3.64. The van der Waals surface area contributed by atoms with Crippen LogP contribution in [0, 0.1) is 0 Å².